The molecule has 2 unspecified atom stereocenters. The van der Waals surface area contributed by atoms with E-state index in [4.69, 9.17) is 4.74 Å². The van der Waals surface area contributed by atoms with Crippen molar-refractivity contribution in [1.82, 2.24) is 4.98 Å². The molecule has 1 aromatic heterocycles. The second kappa shape index (κ2) is 6.12. The minimum absolute atomic E-state index is 0.0696. The Balaban J connectivity index is 1.81. The van der Waals surface area contributed by atoms with Crippen molar-refractivity contribution in [3.63, 3.8) is 0 Å². The lowest BCUT2D eigenvalue weighted by Gasteiger charge is -2.37. The highest BCUT2D eigenvalue weighted by Gasteiger charge is 2.27. The SMILES string of the molecule is CC1CN(c2ccc(Br)cn2)CC(c2ccc(F)cc2)O1. The van der Waals surface area contributed by atoms with Gasteiger partial charge in [0.25, 0.3) is 0 Å². The Hall–Kier alpha value is -1.46. The Morgan fingerprint density at radius 2 is 1.95 bits per heavy atom. The average molecular weight is 351 g/mol. The Morgan fingerprint density at radius 3 is 2.62 bits per heavy atom. The maximum atomic E-state index is 13.0. The molecule has 0 N–H and O–H groups in total. The van der Waals surface area contributed by atoms with Crippen molar-refractivity contribution in [3.8, 4) is 0 Å². The summed E-state index contributed by atoms with van der Waals surface area (Å²) in [5, 5.41) is 0. The molecule has 1 saturated heterocycles. The van der Waals surface area contributed by atoms with Gasteiger partial charge in [0.15, 0.2) is 0 Å². The second-order valence-corrected chi connectivity index (χ2v) is 6.14. The van der Waals surface area contributed by atoms with E-state index >= 15 is 0 Å². The van der Waals surface area contributed by atoms with Crippen LogP contribution in [0.15, 0.2) is 47.1 Å². The number of aromatic nitrogens is 1. The summed E-state index contributed by atoms with van der Waals surface area (Å²) >= 11 is 3.40. The molecule has 21 heavy (non-hydrogen) atoms. The largest absolute Gasteiger partial charge is 0.367 e. The quantitative estimate of drug-likeness (QED) is 0.819. The molecule has 3 rings (SSSR count). The molecule has 1 aliphatic heterocycles. The molecule has 0 radical (unpaired) electrons. The number of halogens is 2. The molecular weight excluding hydrogens is 335 g/mol. The average Bonchev–Trinajstić information content (AvgIpc) is 2.48. The lowest BCUT2D eigenvalue weighted by Crippen LogP contribution is -2.43. The van der Waals surface area contributed by atoms with Crippen LogP contribution in [0.25, 0.3) is 0 Å². The number of hydrogen-bond donors (Lipinski definition) is 0. The fourth-order valence-electron chi connectivity index (χ4n) is 2.56. The van der Waals surface area contributed by atoms with Crippen molar-refractivity contribution in [2.24, 2.45) is 0 Å². The van der Waals surface area contributed by atoms with Gasteiger partial charge in [-0.25, -0.2) is 9.37 Å². The van der Waals surface area contributed by atoms with Gasteiger partial charge in [-0.3, -0.25) is 0 Å². The molecule has 5 heteroatoms. The smallest absolute Gasteiger partial charge is 0.128 e. The number of morpholine rings is 1. The van der Waals surface area contributed by atoms with Crippen molar-refractivity contribution in [2.75, 3.05) is 18.0 Å². The van der Waals surface area contributed by atoms with Crippen molar-refractivity contribution in [2.45, 2.75) is 19.1 Å². The molecule has 0 saturated carbocycles. The molecule has 1 aromatic carbocycles. The van der Waals surface area contributed by atoms with Crippen LogP contribution in [0.2, 0.25) is 0 Å². The van der Waals surface area contributed by atoms with E-state index in [0.717, 1.165) is 22.4 Å². The molecule has 1 aliphatic rings. The predicted octanol–water partition coefficient (Wildman–Crippen LogP) is 3.95. The van der Waals surface area contributed by atoms with Gasteiger partial charge in [0, 0.05) is 23.8 Å². The molecule has 0 bridgehead atoms. The van der Waals surface area contributed by atoms with Crippen LogP contribution < -0.4 is 4.90 Å². The summed E-state index contributed by atoms with van der Waals surface area (Å²) < 4.78 is 20.0. The van der Waals surface area contributed by atoms with Gasteiger partial charge in [-0.15, -0.1) is 0 Å². The maximum Gasteiger partial charge on any atom is 0.128 e. The Bertz CT molecular complexity index is 549. The molecule has 3 nitrogen and oxygen atoms in total. The number of pyridine rings is 1. The Morgan fingerprint density at radius 1 is 1.19 bits per heavy atom. The minimum atomic E-state index is -0.228. The predicted molar refractivity (Wildman–Crippen MR) is 83.8 cm³/mol. The van der Waals surface area contributed by atoms with Crippen LogP contribution >= 0.6 is 15.9 Å². The van der Waals surface area contributed by atoms with Crippen LogP contribution in [0, 0.1) is 5.82 Å². The standard InChI is InChI=1S/C16H16BrFN2O/c1-11-9-20(16-7-4-13(17)8-19-16)10-15(21-11)12-2-5-14(18)6-3-12/h2-8,11,15H,9-10H2,1H3. The first-order valence-corrected chi connectivity index (χ1v) is 7.68. The number of hydrogen-bond acceptors (Lipinski definition) is 3. The van der Waals surface area contributed by atoms with E-state index in [-0.39, 0.29) is 18.0 Å². The summed E-state index contributed by atoms with van der Waals surface area (Å²) in [6, 6.07) is 10.5. The first-order valence-electron chi connectivity index (χ1n) is 6.89. The highest BCUT2D eigenvalue weighted by Crippen LogP contribution is 2.28. The van der Waals surface area contributed by atoms with Gasteiger partial charge >= 0.3 is 0 Å². The second-order valence-electron chi connectivity index (χ2n) is 5.23. The van der Waals surface area contributed by atoms with Crippen LogP contribution in [0.1, 0.15) is 18.6 Å². The Kier molecular flexibility index (Phi) is 4.22. The number of anilines is 1. The van der Waals surface area contributed by atoms with E-state index in [2.05, 4.69) is 25.8 Å². The molecule has 2 aromatic rings. The van der Waals surface area contributed by atoms with Crippen LogP contribution in [-0.2, 0) is 4.74 Å². The van der Waals surface area contributed by atoms with E-state index in [0.29, 0.717) is 6.54 Å². The number of rotatable bonds is 2. The van der Waals surface area contributed by atoms with Crippen molar-refractivity contribution in [1.29, 1.82) is 0 Å². The third-order valence-electron chi connectivity index (χ3n) is 3.54. The van der Waals surface area contributed by atoms with E-state index in [9.17, 15) is 4.39 Å². The highest BCUT2D eigenvalue weighted by molar-refractivity contribution is 9.10. The monoisotopic (exact) mass is 350 g/mol. The molecular formula is C16H16BrFN2O. The van der Waals surface area contributed by atoms with E-state index < -0.39 is 0 Å². The van der Waals surface area contributed by atoms with Gasteiger partial charge in [-0.2, -0.15) is 0 Å². The molecule has 0 aliphatic carbocycles. The van der Waals surface area contributed by atoms with Gasteiger partial charge in [0.2, 0.25) is 0 Å². The zero-order valence-electron chi connectivity index (χ0n) is 11.7. The molecule has 1 fully saturated rings. The van der Waals surface area contributed by atoms with Gasteiger partial charge < -0.3 is 9.64 Å². The molecule has 2 atom stereocenters. The van der Waals surface area contributed by atoms with Crippen LogP contribution in [0.5, 0.6) is 0 Å². The number of ether oxygens (including phenoxy) is 1. The van der Waals surface area contributed by atoms with E-state index in [1.807, 2.05) is 19.1 Å². The lowest BCUT2D eigenvalue weighted by atomic mass is 10.1. The fourth-order valence-corrected chi connectivity index (χ4v) is 2.79. The third kappa shape index (κ3) is 3.41. The number of benzene rings is 1. The fraction of sp³-hybridized carbons (Fsp3) is 0.312. The summed E-state index contributed by atoms with van der Waals surface area (Å²) in [5.41, 5.74) is 0.991. The summed E-state index contributed by atoms with van der Waals surface area (Å²) in [4.78, 5) is 6.65. The van der Waals surface area contributed by atoms with E-state index in [1.165, 1.54) is 12.1 Å². The zero-order valence-corrected chi connectivity index (χ0v) is 13.3. The number of nitrogens with zero attached hydrogens (tertiary/aromatic N) is 2. The van der Waals surface area contributed by atoms with E-state index in [1.54, 1.807) is 18.3 Å². The van der Waals surface area contributed by atoms with Gasteiger partial charge in [-0.05, 0) is 52.7 Å². The van der Waals surface area contributed by atoms with Gasteiger partial charge in [-0.1, -0.05) is 12.1 Å². The molecule has 2 heterocycles. The highest BCUT2D eigenvalue weighted by atomic mass is 79.9. The summed E-state index contributed by atoms with van der Waals surface area (Å²) in [7, 11) is 0. The summed E-state index contributed by atoms with van der Waals surface area (Å²) in [6.07, 6.45) is 1.82. The third-order valence-corrected chi connectivity index (χ3v) is 4.01. The van der Waals surface area contributed by atoms with Crippen LogP contribution in [0.3, 0.4) is 0 Å². The molecule has 0 spiro atoms. The lowest BCUT2D eigenvalue weighted by molar-refractivity contribution is -0.0176. The van der Waals surface area contributed by atoms with Crippen molar-refractivity contribution in [3.05, 3.63) is 58.4 Å². The molecule has 110 valence electrons. The zero-order chi connectivity index (χ0) is 14.8. The van der Waals surface area contributed by atoms with Crippen LogP contribution in [-0.4, -0.2) is 24.2 Å². The maximum absolute atomic E-state index is 13.0. The topological polar surface area (TPSA) is 25.4 Å². The summed E-state index contributed by atoms with van der Waals surface area (Å²) in [6.45, 7) is 3.55. The first-order chi connectivity index (χ1) is 10.1. The summed E-state index contributed by atoms with van der Waals surface area (Å²) in [5.74, 6) is 0.703. The van der Waals surface area contributed by atoms with Crippen LogP contribution in [0.4, 0.5) is 10.2 Å². The first kappa shape index (κ1) is 14.5. The normalized spacial score (nSPS) is 22.3. The van der Waals surface area contributed by atoms with Crippen molar-refractivity contribution < 1.29 is 9.13 Å². The molecule has 0 amide bonds. The minimum Gasteiger partial charge on any atom is -0.367 e. The van der Waals surface area contributed by atoms with Gasteiger partial charge in [0.1, 0.15) is 17.7 Å². The van der Waals surface area contributed by atoms with Gasteiger partial charge in [0.05, 0.1) is 6.10 Å². The van der Waals surface area contributed by atoms with Crippen molar-refractivity contribution >= 4 is 21.7 Å². The Labute approximate surface area is 131 Å².